The van der Waals surface area contributed by atoms with Gasteiger partial charge in [-0.25, -0.2) is 4.39 Å². The third kappa shape index (κ3) is 2.95. The van der Waals surface area contributed by atoms with Gasteiger partial charge in [0, 0.05) is 5.56 Å². The molecule has 1 saturated carbocycles. The molecule has 1 aliphatic rings. The number of H-pyrrole nitrogens is 1. The summed E-state index contributed by atoms with van der Waals surface area (Å²) in [4.78, 5) is 14.3. The van der Waals surface area contributed by atoms with Gasteiger partial charge in [-0.1, -0.05) is 0 Å². The first-order chi connectivity index (χ1) is 10.2. The van der Waals surface area contributed by atoms with E-state index in [0.29, 0.717) is 29.5 Å². The lowest BCUT2D eigenvalue weighted by Gasteiger charge is -2.11. The number of pyridine rings is 1. The van der Waals surface area contributed by atoms with Gasteiger partial charge in [0.15, 0.2) is 0 Å². The van der Waals surface area contributed by atoms with Crippen LogP contribution in [0.1, 0.15) is 18.4 Å². The third-order valence-electron chi connectivity index (χ3n) is 3.43. The fraction of sp³-hybridized carbons (Fsp3) is 0.250. The van der Waals surface area contributed by atoms with Crippen molar-refractivity contribution >= 4 is 0 Å². The largest absolute Gasteiger partial charge is 0.493 e. The van der Waals surface area contributed by atoms with Crippen LogP contribution in [0.5, 0.6) is 5.75 Å². The molecule has 21 heavy (non-hydrogen) atoms. The molecule has 5 heteroatoms. The molecule has 0 aliphatic heterocycles. The van der Waals surface area contributed by atoms with Crippen LogP contribution in [0, 0.1) is 23.1 Å². The van der Waals surface area contributed by atoms with Crippen LogP contribution >= 0.6 is 0 Å². The van der Waals surface area contributed by atoms with Gasteiger partial charge < -0.3 is 9.72 Å². The summed E-state index contributed by atoms with van der Waals surface area (Å²) in [6.45, 7) is 0.596. The lowest BCUT2D eigenvalue weighted by atomic mass is 10.1. The molecular weight excluding hydrogens is 271 g/mol. The molecular formula is C16H13FN2O2. The second-order valence-corrected chi connectivity index (χ2v) is 5.12. The van der Waals surface area contributed by atoms with Gasteiger partial charge in [0.05, 0.1) is 12.3 Å². The van der Waals surface area contributed by atoms with Gasteiger partial charge in [-0.05, 0) is 49.1 Å². The standard InChI is InChI=1S/C16H13FN2O2/c17-12-4-6-15(21-9-10-1-2-10)13(7-12)14-5-3-11(8-18)16(20)19-14/h3-7,10H,1-2,9H2,(H,19,20). The Morgan fingerprint density at radius 3 is 2.81 bits per heavy atom. The Labute approximate surface area is 120 Å². The number of hydrogen-bond donors (Lipinski definition) is 1. The first kappa shape index (κ1) is 13.4. The molecule has 0 atom stereocenters. The van der Waals surface area contributed by atoms with E-state index in [1.807, 2.05) is 0 Å². The van der Waals surface area contributed by atoms with E-state index in [1.54, 1.807) is 18.2 Å². The predicted octanol–water partition coefficient (Wildman–Crippen LogP) is 2.84. The third-order valence-corrected chi connectivity index (χ3v) is 3.43. The summed E-state index contributed by atoms with van der Waals surface area (Å²) in [5, 5.41) is 8.78. The summed E-state index contributed by atoms with van der Waals surface area (Å²) < 4.78 is 19.2. The first-order valence-electron chi connectivity index (χ1n) is 6.73. The van der Waals surface area contributed by atoms with Gasteiger partial charge >= 0.3 is 0 Å². The molecule has 0 unspecified atom stereocenters. The fourth-order valence-electron chi connectivity index (χ4n) is 2.05. The summed E-state index contributed by atoms with van der Waals surface area (Å²) >= 11 is 0. The fourth-order valence-corrected chi connectivity index (χ4v) is 2.05. The lowest BCUT2D eigenvalue weighted by Crippen LogP contribution is -2.10. The minimum Gasteiger partial charge on any atom is -0.493 e. The maximum absolute atomic E-state index is 13.5. The van der Waals surface area contributed by atoms with Gasteiger partial charge in [0.1, 0.15) is 23.2 Å². The van der Waals surface area contributed by atoms with Gasteiger partial charge in [0.25, 0.3) is 5.56 Å². The van der Waals surface area contributed by atoms with E-state index in [0.717, 1.165) is 12.8 Å². The Balaban J connectivity index is 1.99. The molecule has 1 N–H and O–H groups in total. The van der Waals surface area contributed by atoms with E-state index in [9.17, 15) is 9.18 Å². The SMILES string of the molecule is N#Cc1ccc(-c2cc(F)ccc2OCC2CC2)[nH]c1=O. The van der Waals surface area contributed by atoms with Crippen LogP contribution < -0.4 is 10.3 Å². The van der Waals surface area contributed by atoms with Crippen molar-refractivity contribution in [3.63, 3.8) is 0 Å². The van der Waals surface area contributed by atoms with Crippen molar-refractivity contribution in [1.82, 2.24) is 4.98 Å². The van der Waals surface area contributed by atoms with Crippen molar-refractivity contribution in [1.29, 1.82) is 5.26 Å². The molecule has 1 fully saturated rings. The van der Waals surface area contributed by atoms with Crippen molar-refractivity contribution in [2.75, 3.05) is 6.61 Å². The van der Waals surface area contributed by atoms with Crippen molar-refractivity contribution in [2.24, 2.45) is 5.92 Å². The molecule has 1 aromatic carbocycles. The second kappa shape index (κ2) is 5.41. The lowest BCUT2D eigenvalue weighted by molar-refractivity contribution is 0.300. The second-order valence-electron chi connectivity index (χ2n) is 5.12. The van der Waals surface area contributed by atoms with Crippen LogP contribution in [0.3, 0.4) is 0 Å². The Morgan fingerprint density at radius 2 is 2.14 bits per heavy atom. The summed E-state index contributed by atoms with van der Waals surface area (Å²) in [5.41, 5.74) is 0.449. The normalized spacial score (nSPS) is 13.7. The Kier molecular flexibility index (Phi) is 3.44. The number of rotatable bonds is 4. The molecule has 0 saturated heterocycles. The van der Waals surface area contributed by atoms with Gasteiger partial charge in [-0.15, -0.1) is 0 Å². The zero-order valence-corrected chi connectivity index (χ0v) is 11.2. The molecule has 2 aromatic rings. The topological polar surface area (TPSA) is 65.9 Å². The molecule has 106 valence electrons. The predicted molar refractivity (Wildman–Crippen MR) is 75.4 cm³/mol. The molecule has 1 heterocycles. The summed E-state index contributed by atoms with van der Waals surface area (Å²) in [7, 11) is 0. The molecule has 0 radical (unpaired) electrons. The molecule has 0 bridgehead atoms. The summed E-state index contributed by atoms with van der Waals surface area (Å²) in [6.07, 6.45) is 2.31. The van der Waals surface area contributed by atoms with Crippen molar-refractivity contribution < 1.29 is 9.13 Å². The van der Waals surface area contributed by atoms with Gasteiger partial charge in [-0.2, -0.15) is 5.26 Å². The van der Waals surface area contributed by atoms with E-state index in [2.05, 4.69) is 4.98 Å². The maximum atomic E-state index is 13.5. The highest BCUT2D eigenvalue weighted by atomic mass is 19.1. The summed E-state index contributed by atoms with van der Waals surface area (Å²) in [6, 6.07) is 9.01. The van der Waals surface area contributed by atoms with Gasteiger partial charge in [-0.3, -0.25) is 4.79 Å². The molecule has 4 nitrogen and oxygen atoms in total. The van der Waals surface area contributed by atoms with Crippen molar-refractivity contribution in [3.8, 4) is 23.1 Å². The highest BCUT2D eigenvalue weighted by molar-refractivity contribution is 5.67. The van der Waals surface area contributed by atoms with E-state index in [-0.39, 0.29) is 5.56 Å². The van der Waals surface area contributed by atoms with Gasteiger partial charge in [0.2, 0.25) is 0 Å². The number of aromatic nitrogens is 1. The van der Waals surface area contributed by atoms with Crippen LogP contribution in [-0.2, 0) is 0 Å². The molecule has 0 amide bonds. The number of nitrogens with zero attached hydrogens (tertiary/aromatic N) is 1. The highest BCUT2D eigenvalue weighted by Gasteiger charge is 2.22. The smallest absolute Gasteiger partial charge is 0.266 e. The zero-order chi connectivity index (χ0) is 14.8. The summed E-state index contributed by atoms with van der Waals surface area (Å²) in [5.74, 6) is 0.695. The maximum Gasteiger partial charge on any atom is 0.266 e. The monoisotopic (exact) mass is 284 g/mol. The minimum atomic E-state index is -0.493. The van der Waals surface area contributed by atoms with E-state index < -0.39 is 11.4 Å². The average Bonchev–Trinajstić information content (AvgIpc) is 3.30. The number of halogens is 1. The Bertz CT molecular complexity index is 773. The quantitative estimate of drug-likeness (QED) is 0.938. The number of nitriles is 1. The Hall–Kier alpha value is -2.61. The van der Waals surface area contributed by atoms with Crippen LogP contribution in [0.25, 0.3) is 11.3 Å². The zero-order valence-electron chi connectivity index (χ0n) is 11.2. The van der Waals surface area contributed by atoms with Crippen molar-refractivity contribution in [2.45, 2.75) is 12.8 Å². The number of ether oxygens (including phenoxy) is 1. The van der Waals surface area contributed by atoms with E-state index in [4.69, 9.17) is 10.00 Å². The Morgan fingerprint density at radius 1 is 1.33 bits per heavy atom. The van der Waals surface area contributed by atoms with Crippen molar-refractivity contribution in [3.05, 3.63) is 52.1 Å². The van der Waals surface area contributed by atoms with Crippen LogP contribution in [-0.4, -0.2) is 11.6 Å². The van der Waals surface area contributed by atoms with Crippen LogP contribution in [0.4, 0.5) is 4.39 Å². The van der Waals surface area contributed by atoms with Crippen LogP contribution in [0.2, 0.25) is 0 Å². The average molecular weight is 284 g/mol. The highest BCUT2D eigenvalue weighted by Crippen LogP contribution is 2.33. The molecule has 0 spiro atoms. The number of hydrogen-bond acceptors (Lipinski definition) is 3. The molecule has 1 aliphatic carbocycles. The number of nitrogens with one attached hydrogen (secondary N) is 1. The van der Waals surface area contributed by atoms with Crippen LogP contribution in [0.15, 0.2) is 35.1 Å². The molecule has 3 rings (SSSR count). The van der Waals surface area contributed by atoms with E-state index in [1.165, 1.54) is 18.2 Å². The number of benzene rings is 1. The number of aromatic amines is 1. The minimum absolute atomic E-state index is 0.0237. The first-order valence-corrected chi connectivity index (χ1v) is 6.73. The molecule has 1 aromatic heterocycles. The van der Waals surface area contributed by atoms with E-state index >= 15 is 0 Å².